The first-order valence-corrected chi connectivity index (χ1v) is 6.29. The van der Waals surface area contributed by atoms with Crippen LogP contribution in [-0.4, -0.2) is 23.2 Å². The second kappa shape index (κ2) is 6.76. The molecule has 0 heterocycles. The van der Waals surface area contributed by atoms with Crippen LogP contribution in [0, 0.1) is 27.8 Å². The third kappa shape index (κ3) is 5.28. The summed E-state index contributed by atoms with van der Waals surface area (Å²) in [5, 5.41) is 13.1. The number of hydrogen-bond donors (Lipinski definition) is 2. The molecule has 0 atom stereocenters. The molecule has 118 valence electrons. The molecule has 0 aliphatic rings. The number of nitro benzene ring substituents is 1. The summed E-state index contributed by atoms with van der Waals surface area (Å²) in [6, 6.07) is 1.79. The lowest BCUT2D eigenvalue weighted by Crippen LogP contribution is -2.32. The van der Waals surface area contributed by atoms with E-state index in [0.29, 0.717) is 0 Å². The van der Waals surface area contributed by atoms with Gasteiger partial charge in [-0.25, -0.2) is 9.18 Å². The summed E-state index contributed by atoms with van der Waals surface area (Å²) in [5.41, 5.74) is 3.83. The molecule has 3 N–H and O–H groups in total. The highest BCUT2D eigenvalue weighted by Gasteiger charge is 2.16. The molecule has 8 heteroatoms. The fraction of sp³-hybridized carbons (Fsp3) is 0.357. The van der Waals surface area contributed by atoms with E-state index in [4.69, 9.17) is 10.5 Å². The second-order valence-corrected chi connectivity index (χ2v) is 5.31. The molecular weight excluding hydrogens is 293 g/mol. The van der Waals surface area contributed by atoms with E-state index in [1.807, 2.05) is 0 Å². The summed E-state index contributed by atoms with van der Waals surface area (Å²) in [7, 11) is 0. The number of carbonyl (C=O) groups is 1. The van der Waals surface area contributed by atoms with Gasteiger partial charge in [0.05, 0.1) is 17.0 Å². The van der Waals surface area contributed by atoms with Crippen molar-refractivity contribution in [3.8, 4) is 11.8 Å². The molecule has 0 unspecified atom stereocenters. The molecule has 0 aliphatic heterocycles. The normalized spacial score (nSPS) is 10.4. The van der Waals surface area contributed by atoms with Gasteiger partial charge in [-0.2, -0.15) is 0 Å². The van der Waals surface area contributed by atoms with Crippen LogP contribution in [0.5, 0.6) is 0 Å². The number of halogens is 1. The first-order chi connectivity index (χ1) is 10.1. The van der Waals surface area contributed by atoms with Crippen molar-refractivity contribution in [1.29, 1.82) is 0 Å². The number of benzene rings is 1. The van der Waals surface area contributed by atoms with Crippen LogP contribution in [-0.2, 0) is 4.74 Å². The number of amides is 1. The molecule has 0 saturated carbocycles. The summed E-state index contributed by atoms with van der Waals surface area (Å²) in [6.45, 7) is 5.04. The maximum absolute atomic E-state index is 13.6. The first-order valence-electron chi connectivity index (χ1n) is 6.29. The van der Waals surface area contributed by atoms with Crippen LogP contribution in [0.3, 0.4) is 0 Å². The standard InChI is InChI=1S/C14H16FN3O4/c1-14(2,3)22-13(19)17-6-4-5-9-7-12(18(20)21)11(16)8-10(9)15/h7-8H,6,16H2,1-3H3,(H,17,19). The Balaban J connectivity index is 2.75. The van der Waals surface area contributed by atoms with E-state index in [2.05, 4.69) is 17.2 Å². The minimum atomic E-state index is -0.770. The van der Waals surface area contributed by atoms with Gasteiger partial charge in [-0.1, -0.05) is 11.8 Å². The highest BCUT2D eigenvalue weighted by molar-refractivity contribution is 5.68. The third-order valence-electron chi connectivity index (χ3n) is 2.26. The number of nitrogens with one attached hydrogen (secondary N) is 1. The minimum Gasteiger partial charge on any atom is -0.444 e. The maximum atomic E-state index is 13.6. The first kappa shape index (κ1) is 17.2. The van der Waals surface area contributed by atoms with Crippen molar-refractivity contribution in [1.82, 2.24) is 5.32 Å². The van der Waals surface area contributed by atoms with Crippen LogP contribution in [0.15, 0.2) is 12.1 Å². The molecule has 0 bridgehead atoms. The molecule has 0 spiro atoms. The van der Waals surface area contributed by atoms with Crippen molar-refractivity contribution in [2.45, 2.75) is 26.4 Å². The quantitative estimate of drug-likeness (QED) is 0.377. The van der Waals surface area contributed by atoms with E-state index < -0.39 is 28.1 Å². The molecule has 0 fully saturated rings. The molecule has 7 nitrogen and oxygen atoms in total. The Morgan fingerprint density at radius 1 is 1.50 bits per heavy atom. The van der Waals surface area contributed by atoms with Gasteiger partial charge in [0.15, 0.2) is 0 Å². The van der Waals surface area contributed by atoms with Gasteiger partial charge in [0.1, 0.15) is 17.1 Å². The number of ether oxygens (including phenoxy) is 1. The molecule has 22 heavy (non-hydrogen) atoms. The zero-order valence-electron chi connectivity index (χ0n) is 12.4. The predicted octanol–water partition coefficient (Wildman–Crippen LogP) is 2.19. The van der Waals surface area contributed by atoms with Crippen LogP contribution in [0.1, 0.15) is 26.3 Å². The Morgan fingerprint density at radius 3 is 2.68 bits per heavy atom. The Hall–Kier alpha value is -2.82. The number of hydrogen-bond acceptors (Lipinski definition) is 5. The summed E-state index contributed by atoms with van der Waals surface area (Å²) >= 11 is 0. The van der Waals surface area contributed by atoms with E-state index in [1.165, 1.54) is 0 Å². The van der Waals surface area contributed by atoms with Gasteiger partial charge < -0.3 is 15.8 Å². The monoisotopic (exact) mass is 309 g/mol. The Morgan fingerprint density at radius 2 is 2.14 bits per heavy atom. The van der Waals surface area contributed by atoms with E-state index >= 15 is 0 Å². The zero-order valence-corrected chi connectivity index (χ0v) is 12.4. The molecule has 0 aromatic heterocycles. The fourth-order valence-corrected chi connectivity index (χ4v) is 1.40. The molecule has 0 aliphatic carbocycles. The Bertz CT molecular complexity index is 657. The molecular formula is C14H16FN3O4. The number of nitrogen functional groups attached to an aromatic ring is 1. The van der Waals surface area contributed by atoms with Crippen LogP contribution in [0.4, 0.5) is 20.6 Å². The number of carbonyl (C=O) groups excluding carboxylic acids is 1. The lowest BCUT2D eigenvalue weighted by atomic mass is 10.1. The molecule has 1 rings (SSSR count). The van der Waals surface area contributed by atoms with Crippen LogP contribution >= 0.6 is 0 Å². The molecule has 1 aromatic rings. The number of nitrogens with zero attached hydrogens (tertiary/aromatic N) is 1. The summed E-state index contributed by atoms with van der Waals surface area (Å²) < 4.78 is 18.6. The number of rotatable bonds is 2. The van der Waals surface area contributed by atoms with Crippen molar-refractivity contribution in [3.05, 3.63) is 33.6 Å². The highest BCUT2D eigenvalue weighted by Crippen LogP contribution is 2.24. The molecule has 1 aromatic carbocycles. The number of nitrogens with two attached hydrogens (primary N) is 1. The average molecular weight is 309 g/mol. The number of anilines is 1. The number of alkyl carbamates (subject to hydrolysis) is 1. The van der Waals surface area contributed by atoms with Crippen molar-refractivity contribution < 1.29 is 18.8 Å². The lowest BCUT2D eigenvalue weighted by molar-refractivity contribution is -0.384. The zero-order chi connectivity index (χ0) is 16.9. The van der Waals surface area contributed by atoms with Crippen LogP contribution < -0.4 is 11.1 Å². The van der Waals surface area contributed by atoms with Gasteiger partial charge in [-0.15, -0.1) is 0 Å². The summed E-state index contributed by atoms with van der Waals surface area (Å²) in [5.74, 6) is 4.11. The fourth-order valence-electron chi connectivity index (χ4n) is 1.40. The lowest BCUT2D eigenvalue weighted by Gasteiger charge is -2.18. The van der Waals surface area contributed by atoms with E-state index in [-0.39, 0.29) is 17.8 Å². The summed E-state index contributed by atoms with van der Waals surface area (Å²) in [4.78, 5) is 21.3. The minimum absolute atomic E-state index is 0.0907. The van der Waals surface area contributed by atoms with Gasteiger partial charge in [-0.3, -0.25) is 10.1 Å². The van der Waals surface area contributed by atoms with Crippen molar-refractivity contribution in [3.63, 3.8) is 0 Å². The topological polar surface area (TPSA) is 107 Å². The van der Waals surface area contributed by atoms with E-state index in [1.54, 1.807) is 20.8 Å². The number of nitro groups is 1. The summed E-state index contributed by atoms with van der Waals surface area (Å²) in [6.07, 6.45) is -0.662. The molecule has 0 saturated heterocycles. The van der Waals surface area contributed by atoms with Crippen LogP contribution in [0.2, 0.25) is 0 Å². The van der Waals surface area contributed by atoms with E-state index in [0.717, 1.165) is 12.1 Å². The van der Waals surface area contributed by atoms with Crippen molar-refractivity contribution in [2.24, 2.45) is 0 Å². The van der Waals surface area contributed by atoms with Gasteiger partial charge in [-0.05, 0) is 20.8 Å². The SMILES string of the molecule is CC(C)(C)OC(=O)NCC#Cc1cc([N+](=O)[O-])c(N)cc1F. The molecule has 1 amide bonds. The predicted molar refractivity (Wildman–Crippen MR) is 78.6 cm³/mol. The largest absolute Gasteiger partial charge is 0.444 e. The Labute approximate surface area is 126 Å². The smallest absolute Gasteiger partial charge is 0.408 e. The highest BCUT2D eigenvalue weighted by atomic mass is 19.1. The maximum Gasteiger partial charge on any atom is 0.408 e. The van der Waals surface area contributed by atoms with E-state index in [9.17, 15) is 19.3 Å². The van der Waals surface area contributed by atoms with Gasteiger partial charge in [0.25, 0.3) is 5.69 Å². The van der Waals surface area contributed by atoms with Gasteiger partial charge in [0.2, 0.25) is 0 Å². The van der Waals surface area contributed by atoms with Crippen molar-refractivity contribution in [2.75, 3.05) is 12.3 Å². The second-order valence-electron chi connectivity index (χ2n) is 5.31. The van der Waals surface area contributed by atoms with Crippen LogP contribution in [0.25, 0.3) is 0 Å². The van der Waals surface area contributed by atoms with Crippen molar-refractivity contribution >= 4 is 17.5 Å². The third-order valence-corrected chi connectivity index (χ3v) is 2.26. The average Bonchev–Trinajstić information content (AvgIpc) is 2.33. The van der Waals surface area contributed by atoms with Gasteiger partial charge in [0, 0.05) is 12.1 Å². The Kier molecular flexibility index (Phi) is 5.29. The van der Waals surface area contributed by atoms with Gasteiger partial charge >= 0.3 is 6.09 Å². The molecule has 0 radical (unpaired) electrons.